The largest absolute Gasteiger partial charge is 0.390 e. The van der Waals surface area contributed by atoms with Crippen LogP contribution in [0.1, 0.15) is 21.5 Å². The number of rotatable bonds is 5. The van der Waals surface area contributed by atoms with Crippen molar-refractivity contribution in [3.63, 3.8) is 0 Å². The summed E-state index contributed by atoms with van der Waals surface area (Å²) in [6, 6.07) is 16.3. The normalized spacial score (nSPS) is 15.5. The predicted molar refractivity (Wildman–Crippen MR) is 107 cm³/mol. The molecule has 1 atom stereocenters. The molecule has 5 heteroatoms. The lowest BCUT2D eigenvalue weighted by atomic mass is 10.00. The molecule has 0 fully saturated rings. The zero-order valence-electron chi connectivity index (χ0n) is 15.6. The Morgan fingerprint density at radius 2 is 1.89 bits per heavy atom. The first kappa shape index (κ1) is 17.8. The third-order valence-corrected chi connectivity index (χ3v) is 5.32. The molecule has 4 rings (SSSR count). The van der Waals surface area contributed by atoms with Crippen LogP contribution in [0.25, 0.3) is 10.9 Å². The molecule has 1 aliphatic heterocycles. The van der Waals surface area contributed by atoms with E-state index < -0.39 is 6.10 Å². The minimum absolute atomic E-state index is 0.144. The van der Waals surface area contributed by atoms with Crippen molar-refractivity contribution in [3.05, 3.63) is 71.4 Å². The number of β-amino-alcohol motifs (C(OH)–C–C–N with tert-alkyl or cyclic N) is 1. The molecular formula is C22H25N3O2. The molecule has 0 radical (unpaired) electrons. The molecule has 0 saturated carbocycles. The van der Waals surface area contributed by atoms with Gasteiger partial charge in [-0.05, 0) is 23.6 Å². The number of hydrogen-bond acceptors (Lipinski definition) is 3. The van der Waals surface area contributed by atoms with Gasteiger partial charge in [-0.1, -0.05) is 42.5 Å². The number of nitrogens with one attached hydrogen (secondary N) is 1. The van der Waals surface area contributed by atoms with E-state index in [4.69, 9.17) is 0 Å². The van der Waals surface area contributed by atoms with Crippen LogP contribution in [0, 0.1) is 0 Å². The van der Waals surface area contributed by atoms with Gasteiger partial charge < -0.3 is 15.0 Å². The number of nitrogens with zero attached hydrogens (tertiary/aromatic N) is 2. The SMILES string of the molecule is Cn1cc(C(=O)NC[C@H](O)CN2CCc3ccccc3C2)c2ccccc21. The maximum Gasteiger partial charge on any atom is 0.253 e. The van der Waals surface area contributed by atoms with E-state index in [2.05, 4.69) is 34.5 Å². The van der Waals surface area contributed by atoms with E-state index in [0.29, 0.717) is 12.1 Å². The minimum atomic E-state index is -0.589. The quantitative estimate of drug-likeness (QED) is 0.732. The van der Waals surface area contributed by atoms with Gasteiger partial charge in [0.25, 0.3) is 5.91 Å². The van der Waals surface area contributed by atoms with Crippen LogP contribution < -0.4 is 5.32 Å². The van der Waals surface area contributed by atoms with Crippen LogP contribution in [0.5, 0.6) is 0 Å². The summed E-state index contributed by atoms with van der Waals surface area (Å²) in [5, 5.41) is 14.2. The Bertz CT molecular complexity index is 963. The summed E-state index contributed by atoms with van der Waals surface area (Å²) < 4.78 is 1.95. The van der Waals surface area contributed by atoms with E-state index in [1.165, 1.54) is 11.1 Å². The summed E-state index contributed by atoms with van der Waals surface area (Å²) in [6.07, 6.45) is 2.26. The van der Waals surface area contributed by atoms with Gasteiger partial charge in [0.1, 0.15) is 0 Å². The van der Waals surface area contributed by atoms with Gasteiger partial charge in [-0.25, -0.2) is 0 Å². The van der Waals surface area contributed by atoms with Crippen molar-refractivity contribution in [2.75, 3.05) is 19.6 Å². The summed E-state index contributed by atoms with van der Waals surface area (Å²) in [5.74, 6) is -0.144. The van der Waals surface area contributed by atoms with E-state index in [0.717, 1.165) is 30.4 Å². The molecule has 0 unspecified atom stereocenters. The van der Waals surface area contributed by atoms with Crippen LogP contribution >= 0.6 is 0 Å². The van der Waals surface area contributed by atoms with Crippen LogP contribution in [0.4, 0.5) is 0 Å². The Morgan fingerprint density at radius 1 is 1.15 bits per heavy atom. The molecule has 1 aromatic heterocycles. The smallest absolute Gasteiger partial charge is 0.253 e. The molecule has 0 spiro atoms. The number of carbonyl (C=O) groups excluding carboxylic acids is 1. The fourth-order valence-electron chi connectivity index (χ4n) is 3.90. The van der Waals surface area contributed by atoms with Gasteiger partial charge in [0.05, 0.1) is 11.7 Å². The Balaban J connectivity index is 1.34. The fourth-order valence-corrected chi connectivity index (χ4v) is 3.90. The van der Waals surface area contributed by atoms with Gasteiger partial charge in [-0.2, -0.15) is 0 Å². The van der Waals surface area contributed by atoms with Gasteiger partial charge in [0, 0.05) is 50.3 Å². The molecule has 2 N–H and O–H groups in total. The van der Waals surface area contributed by atoms with Crippen molar-refractivity contribution >= 4 is 16.8 Å². The average molecular weight is 363 g/mol. The van der Waals surface area contributed by atoms with E-state index in [9.17, 15) is 9.90 Å². The Labute approximate surface area is 159 Å². The van der Waals surface area contributed by atoms with Crippen molar-refractivity contribution in [1.82, 2.24) is 14.8 Å². The Kier molecular flexibility index (Phi) is 4.97. The van der Waals surface area contributed by atoms with Crippen molar-refractivity contribution < 1.29 is 9.90 Å². The summed E-state index contributed by atoms with van der Waals surface area (Å²) in [6.45, 7) is 2.60. The topological polar surface area (TPSA) is 57.5 Å². The highest BCUT2D eigenvalue weighted by molar-refractivity contribution is 6.06. The second-order valence-corrected chi connectivity index (χ2v) is 7.29. The number of hydrogen-bond donors (Lipinski definition) is 2. The van der Waals surface area contributed by atoms with Crippen molar-refractivity contribution in [1.29, 1.82) is 0 Å². The van der Waals surface area contributed by atoms with Crippen molar-refractivity contribution in [3.8, 4) is 0 Å². The number of fused-ring (bicyclic) bond motifs is 2. The number of aryl methyl sites for hydroxylation is 1. The third kappa shape index (κ3) is 3.75. The minimum Gasteiger partial charge on any atom is -0.390 e. The van der Waals surface area contributed by atoms with Gasteiger partial charge >= 0.3 is 0 Å². The number of benzene rings is 2. The molecule has 0 bridgehead atoms. The zero-order valence-corrected chi connectivity index (χ0v) is 15.6. The molecule has 5 nitrogen and oxygen atoms in total. The highest BCUT2D eigenvalue weighted by atomic mass is 16.3. The van der Waals surface area contributed by atoms with Gasteiger partial charge in [0.15, 0.2) is 0 Å². The van der Waals surface area contributed by atoms with Crippen LogP contribution in [0.15, 0.2) is 54.7 Å². The van der Waals surface area contributed by atoms with E-state index in [1.54, 1.807) is 0 Å². The zero-order chi connectivity index (χ0) is 18.8. The summed E-state index contributed by atoms with van der Waals surface area (Å²) in [5.41, 5.74) is 4.39. The van der Waals surface area contributed by atoms with Gasteiger partial charge in [-0.15, -0.1) is 0 Å². The summed E-state index contributed by atoms with van der Waals surface area (Å²) in [4.78, 5) is 14.8. The lowest BCUT2D eigenvalue weighted by Gasteiger charge is -2.30. The number of aromatic nitrogens is 1. The molecule has 1 amide bonds. The molecule has 1 aliphatic rings. The standard InChI is InChI=1S/C22H25N3O2/c1-24-15-20(19-8-4-5-9-21(19)24)22(27)23-12-18(26)14-25-11-10-16-6-2-3-7-17(16)13-25/h2-9,15,18,26H,10-14H2,1H3,(H,23,27)/t18-/m0/s1. The Morgan fingerprint density at radius 3 is 2.74 bits per heavy atom. The van der Waals surface area contributed by atoms with Gasteiger partial charge in [-0.3, -0.25) is 9.69 Å². The lowest BCUT2D eigenvalue weighted by molar-refractivity contribution is 0.0843. The third-order valence-electron chi connectivity index (χ3n) is 5.32. The fraction of sp³-hybridized carbons (Fsp3) is 0.318. The van der Waals surface area contributed by atoms with Crippen molar-refractivity contribution in [2.24, 2.45) is 7.05 Å². The number of aliphatic hydroxyl groups is 1. The maximum atomic E-state index is 12.6. The van der Waals surface area contributed by atoms with Crippen LogP contribution in [-0.2, 0) is 20.0 Å². The van der Waals surface area contributed by atoms with Crippen LogP contribution in [-0.4, -0.2) is 46.2 Å². The van der Waals surface area contributed by atoms with E-state index in [-0.39, 0.29) is 12.5 Å². The summed E-state index contributed by atoms with van der Waals surface area (Å²) in [7, 11) is 1.93. The summed E-state index contributed by atoms with van der Waals surface area (Å²) >= 11 is 0. The van der Waals surface area contributed by atoms with E-state index in [1.807, 2.05) is 42.1 Å². The molecule has 0 aliphatic carbocycles. The van der Waals surface area contributed by atoms with Gasteiger partial charge in [0.2, 0.25) is 0 Å². The molecule has 27 heavy (non-hydrogen) atoms. The maximum absolute atomic E-state index is 12.6. The lowest BCUT2D eigenvalue weighted by Crippen LogP contribution is -2.42. The second kappa shape index (κ2) is 7.55. The number of amides is 1. The molecule has 2 aromatic carbocycles. The number of aliphatic hydroxyl groups excluding tert-OH is 1. The van der Waals surface area contributed by atoms with Crippen LogP contribution in [0.3, 0.4) is 0 Å². The van der Waals surface area contributed by atoms with Crippen molar-refractivity contribution in [2.45, 2.75) is 19.1 Å². The van der Waals surface area contributed by atoms with E-state index >= 15 is 0 Å². The monoisotopic (exact) mass is 363 g/mol. The molecular weight excluding hydrogens is 338 g/mol. The Hall–Kier alpha value is -2.63. The van der Waals surface area contributed by atoms with Crippen LogP contribution in [0.2, 0.25) is 0 Å². The number of para-hydroxylation sites is 1. The average Bonchev–Trinajstić information content (AvgIpc) is 3.03. The first-order valence-electron chi connectivity index (χ1n) is 9.41. The second-order valence-electron chi connectivity index (χ2n) is 7.29. The molecule has 3 aromatic rings. The predicted octanol–water partition coefficient (Wildman–Crippen LogP) is 2.33. The molecule has 0 saturated heterocycles. The number of carbonyl (C=O) groups is 1. The first-order valence-corrected chi connectivity index (χ1v) is 9.41. The molecule has 140 valence electrons. The highest BCUT2D eigenvalue weighted by Gasteiger charge is 2.19. The highest BCUT2D eigenvalue weighted by Crippen LogP contribution is 2.20. The first-order chi connectivity index (χ1) is 13.1. The molecule has 2 heterocycles.